The summed E-state index contributed by atoms with van der Waals surface area (Å²) in [5.41, 5.74) is -0.840. The summed E-state index contributed by atoms with van der Waals surface area (Å²) >= 11 is 0. The number of alkyl halides is 6. The van der Waals surface area contributed by atoms with Gasteiger partial charge in [0.05, 0.1) is 5.56 Å². The molecule has 39 heavy (non-hydrogen) atoms. The second-order valence-corrected chi connectivity index (χ2v) is 8.57. The van der Waals surface area contributed by atoms with Crippen molar-refractivity contribution < 1.29 is 49.0 Å². The van der Waals surface area contributed by atoms with Crippen LogP contribution in [-0.4, -0.2) is 22.5 Å². The Morgan fingerprint density at radius 1 is 0.795 bits per heavy atom. The van der Waals surface area contributed by atoms with Crippen LogP contribution in [0.5, 0.6) is 11.5 Å². The molecule has 0 aliphatic rings. The largest absolute Gasteiger partial charge is 0.462 e. The van der Waals surface area contributed by atoms with Crippen molar-refractivity contribution in [1.29, 1.82) is 0 Å². The number of benzene rings is 2. The first-order valence-corrected chi connectivity index (χ1v) is 11.9. The van der Waals surface area contributed by atoms with Crippen LogP contribution in [0.25, 0.3) is 11.1 Å². The Morgan fingerprint density at radius 3 is 1.97 bits per heavy atom. The van der Waals surface area contributed by atoms with E-state index in [0.29, 0.717) is 36.2 Å². The van der Waals surface area contributed by atoms with E-state index in [1.807, 2.05) is 0 Å². The molecule has 3 aromatic rings. The maximum absolute atomic E-state index is 14.7. The van der Waals surface area contributed by atoms with Gasteiger partial charge in [-0.2, -0.15) is 26.3 Å². The fourth-order valence-corrected chi connectivity index (χ4v) is 3.58. The third-order valence-corrected chi connectivity index (χ3v) is 5.52. The topological polar surface area (TPSA) is 44.2 Å². The van der Waals surface area contributed by atoms with Crippen molar-refractivity contribution in [2.45, 2.75) is 64.1 Å². The maximum Gasteiger partial charge on any atom is 0.462 e. The van der Waals surface area contributed by atoms with Crippen molar-refractivity contribution in [1.82, 2.24) is 9.97 Å². The van der Waals surface area contributed by atoms with Gasteiger partial charge in [0, 0.05) is 24.5 Å². The molecule has 0 aliphatic heterocycles. The number of aryl methyl sites for hydroxylation is 1. The first-order chi connectivity index (χ1) is 18.3. The lowest BCUT2D eigenvalue weighted by Gasteiger charge is -2.18. The Hall–Kier alpha value is -3.51. The van der Waals surface area contributed by atoms with Crippen LogP contribution in [0.2, 0.25) is 0 Å². The number of rotatable bonds is 13. The molecule has 1 heterocycles. The summed E-state index contributed by atoms with van der Waals surface area (Å²) in [6.45, 7) is 2.08. The van der Waals surface area contributed by atoms with Gasteiger partial charge in [-0.3, -0.25) is 0 Å². The number of halogens is 9. The minimum absolute atomic E-state index is 0.354. The standard InChI is InChI=1S/C26H23F9N2O2/c1-2-3-4-5-6-7-15-13-36-24(37-14-15)26(34,35)38-17-11-19(28)22(20(29)12-17)16-8-9-21(18(27)10-16)39-25(32,33)23(30)31/h8-14,23H,2-7H2,1H3. The molecule has 0 radical (unpaired) electrons. The van der Waals surface area contributed by atoms with Crippen LogP contribution >= 0.6 is 0 Å². The van der Waals surface area contributed by atoms with Crippen LogP contribution in [0.4, 0.5) is 39.5 Å². The number of hydrogen-bond acceptors (Lipinski definition) is 4. The van der Waals surface area contributed by atoms with Gasteiger partial charge in [-0.15, -0.1) is 0 Å². The zero-order valence-electron chi connectivity index (χ0n) is 20.5. The summed E-state index contributed by atoms with van der Waals surface area (Å²) in [4.78, 5) is 7.20. The molecular formula is C26H23F9N2O2. The average Bonchev–Trinajstić information content (AvgIpc) is 2.85. The first kappa shape index (κ1) is 30.0. The van der Waals surface area contributed by atoms with E-state index in [-0.39, 0.29) is 0 Å². The summed E-state index contributed by atoms with van der Waals surface area (Å²) < 4.78 is 131. The average molecular weight is 566 g/mol. The molecule has 13 heteroatoms. The van der Waals surface area contributed by atoms with E-state index < -0.39 is 64.5 Å². The van der Waals surface area contributed by atoms with Gasteiger partial charge in [-0.05, 0) is 36.1 Å². The summed E-state index contributed by atoms with van der Waals surface area (Å²) in [5.74, 6) is -7.84. The van der Waals surface area contributed by atoms with Crippen molar-refractivity contribution in [2.24, 2.45) is 0 Å². The van der Waals surface area contributed by atoms with Crippen molar-refractivity contribution in [3.8, 4) is 22.6 Å². The molecule has 0 atom stereocenters. The van der Waals surface area contributed by atoms with Crippen molar-refractivity contribution in [2.75, 3.05) is 0 Å². The lowest BCUT2D eigenvalue weighted by Crippen LogP contribution is -2.33. The number of unbranched alkanes of at least 4 members (excludes halogenated alkanes) is 4. The number of hydrogen-bond donors (Lipinski definition) is 0. The minimum Gasteiger partial charge on any atom is -0.426 e. The molecule has 0 saturated carbocycles. The smallest absolute Gasteiger partial charge is 0.426 e. The Bertz CT molecular complexity index is 1230. The predicted molar refractivity (Wildman–Crippen MR) is 122 cm³/mol. The van der Waals surface area contributed by atoms with E-state index >= 15 is 0 Å². The fourth-order valence-electron chi connectivity index (χ4n) is 3.58. The Morgan fingerprint density at radius 2 is 1.41 bits per heavy atom. The van der Waals surface area contributed by atoms with Gasteiger partial charge in [0.2, 0.25) is 5.82 Å². The number of ether oxygens (including phenoxy) is 2. The summed E-state index contributed by atoms with van der Waals surface area (Å²) in [6, 6.07) is 2.32. The third-order valence-electron chi connectivity index (χ3n) is 5.52. The van der Waals surface area contributed by atoms with E-state index in [0.717, 1.165) is 38.2 Å². The zero-order chi connectivity index (χ0) is 28.8. The predicted octanol–water partition coefficient (Wildman–Crippen LogP) is 8.44. The molecule has 0 bridgehead atoms. The Kier molecular flexibility index (Phi) is 9.68. The third kappa shape index (κ3) is 7.76. The molecule has 2 aromatic carbocycles. The van der Waals surface area contributed by atoms with Gasteiger partial charge < -0.3 is 9.47 Å². The van der Waals surface area contributed by atoms with Gasteiger partial charge in [0.25, 0.3) is 0 Å². The van der Waals surface area contributed by atoms with Gasteiger partial charge in [0.1, 0.15) is 17.4 Å². The van der Waals surface area contributed by atoms with E-state index in [9.17, 15) is 39.5 Å². The van der Waals surface area contributed by atoms with Crippen LogP contribution in [0.15, 0.2) is 42.7 Å². The highest BCUT2D eigenvalue weighted by Crippen LogP contribution is 2.36. The van der Waals surface area contributed by atoms with Crippen LogP contribution in [0, 0.1) is 17.5 Å². The van der Waals surface area contributed by atoms with Crippen molar-refractivity contribution in [3.05, 3.63) is 71.6 Å². The van der Waals surface area contributed by atoms with Crippen LogP contribution < -0.4 is 9.47 Å². The van der Waals surface area contributed by atoms with Crippen LogP contribution in [0.1, 0.15) is 50.4 Å². The van der Waals surface area contributed by atoms with Gasteiger partial charge >= 0.3 is 18.6 Å². The summed E-state index contributed by atoms with van der Waals surface area (Å²) in [7, 11) is 0. The highest BCUT2D eigenvalue weighted by atomic mass is 19.3. The molecule has 212 valence electrons. The van der Waals surface area contributed by atoms with Crippen LogP contribution in [0.3, 0.4) is 0 Å². The molecule has 0 spiro atoms. The fraction of sp³-hybridized carbons (Fsp3) is 0.385. The lowest BCUT2D eigenvalue weighted by molar-refractivity contribution is -0.254. The van der Waals surface area contributed by atoms with Gasteiger partial charge in [-0.25, -0.2) is 23.1 Å². The molecular weight excluding hydrogens is 543 g/mol. The molecule has 0 saturated heterocycles. The molecule has 0 aliphatic carbocycles. The highest BCUT2D eigenvalue weighted by molar-refractivity contribution is 5.67. The quantitative estimate of drug-likeness (QED) is 0.154. The number of aromatic nitrogens is 2. The summed E-state index contributed by atoms with van der Waals surface area (Å²) in [6.07, 6.45) is -5.37. The van der Waals surface area contributed by atoms with E-state index in [4.69, 9.17) is 0 Å². The second kappa shape index (κ2) is 12.6. The van der Waals surface area contributed by atoms with Crippen molar-refractivity contribution >= 4 is 0 Å². The SMILES string of the molecule is CCCCCCCc1cnc(C(F)(F)Oc2cc(F)c(-c3ccc(OC(F)(F)C(F)F)c(F)c3)c(F)c2)nc1. The Labute approximate surface area is 217 Å². The van der Waals surface area contributed by atoms with Crippen molar-refractivity contribution in [3.63, 3.8) is 0 Å². The normalized spacial score (nSPS) is 12.2. The van der Waals surface area contributed by atoms with E-state index in [1.54, 1.807) is 0 Å². The monoisotopic (exact) mass is 566 g/mol. The Balaban J connectivity index is 1.73. The molecule has 3 rings (SSSR count). The highest BCUT2D eigenvalue weighted by Gasteiger charge is 2.44. The minimum atomic E-state index is -5.01. The first-order valence-electron chi connectivity index (χ1n) is 11.9. The second-order valence-electron chi connectivity index (χ2n) is 8.57. The summed E-state index contributed by atoms with van der Waals surface area (Å²) in [5, 5.41) is 0. The maximum atomic E-state index is 14.7. The molecule has 1 aromatic heterocycles. The molecule has 0 unspecified atom stereocenters. The molecule has 0 fully saturated rings. The lowest BCUT2D eigenvalue weighted by atomic mass is 10.0. The molecule has 0 N–H and O–H groups in total. The number of nitrogens with zero attached hydrogens (tertiary/aromatic N) is 2. The van der Waals surface area contributed by atoms with Gasteiger partial charge in [0.15, 0.2) is 11.6 Å². The van der Waals surface area contributed by atoms with E-state index in [1.165, 1.54) is 12.4 Å². The van der Waals surface area contributed by atoms with E-state index in [2.05, 4.69) is 26.4 Å². The zero-order valence-corrected chi connectivity index (χ0v) is 20.5. The molecule has 0 amide bonds. The van der Waals surface area contributed by atoms with Gasteiger partial charge in [-0.1, -0.05) is 38.7 Å². The van der Waals surface area contributed by atoms with Crippen LogP contribution in [-0.2, 0) is 12.5 Å². The molecule has 4 nitrogen and oxygen atoms in total.